The Balaban J connectivity index is 2.54. The van der Waals surface area contributed by atoms with Crippen molar-refractivity contribution in [1.29, 1.82) is 0 Å². The molecule has 0 aromatic carbocycles. The van der Waals surface area contributed by atoms with Crippen LogP contribution in [0, 0.1) is 5.92 Å². The van der Waals surface area contributed by atoms with Gasteiger partial charge in [-0.25, -0.2) is 0 Å². The van der Waals surface area contributed by atoms with Crippen molar-refractivity contribution in [3.63, 3.8) is 0 Å². The van der Waals surface area contributed by atoms with Crippen LogP contribution in [0.5, 0.6) is 0 Å². The fourth-order valence-corrected chi connectivity index (χ4v) is 3.01. The molecule has 19 heavy (non-hydrogen) atoms. The SMILES string of the molecule is CCC1(C(C)C(=O)S)N=C2C=CC(=O)C=C2C=C1Cl. The summed E-state index contributed by atoms with van der Waals surface area (Å²) < 4.78 is 0. The number of fused-ring (bicyclic) bond motifs is 1. The maximum absolute atomic E-state index is 11.6. The number of hydrogen-bond acceptors (Lipinski definition) is 3. The minimum Gasteiger partial charge on any atom is -0.290 e. The van der Waals surface area contributed by atoms with Gasteiger partial charge in [-0.2, -0.15) is 0 Å². The molecule has 0 spiro atoms. The van der Waals surface area contributed by atoms with E-state index in [1.165, 1.54) is 12.2 Å². The largest absolute Gasteiger partial charge is 0.290 e. The van der Waals surface area contributed by atoms with Gasteiger partial charge in [0.25, 0.3) is 0 Å². The van der Waals surface area contributed by atoms with E-state index in [9.17, 15) is 9.59 Å². The number of dihydropyridines is 1. The molecular weight excluding hydrogens is 282 g/mol. The zero-order chi connectivity index (χ0) is 14.2. The first-order valence-electron chi connectivity index (χ1n) is 6.05. The number of halogens is 1. The van der Waals surface area contributed by atoms with Crippen molar-refractivity contribution in [3.8, 4) is 0 Å². The molecule has 0 radical (unpaired) electrons. The maximum Gasteiger partial charge on any atom is 0.191 e. The molecule has 0 fully saturated rings. The van der Waals surface area contributed by atoms with Crippen LogP contribution in [0.3, 0.4) is 0 Å². The van der Waals surface area contributed by atoms with E-state index in [1.807, 2.05) is 6.92 Å². The molecule has 0 aromatic heterocycles. The molecule has 0 bridgehead atoms. The number of carbonyl (C=O) groups excluding carboxylic acids is 2. The van der Waals surface area contributed by atoms with Crippen molar-refractivity contribution in [3.05, 3.63) is 34.9 Å². The normalized spacial score (nSPS) is 27.2. The summed E-state index contributed by atoms with van der Waals surface area (Å²) >= 11 is 10.2. The molecular formula is C14H14ClNO2S. The Labute approximate surface area is 122 Å². The number of nitrogens with zero attached hydrogens (tertiary/aromatic N) is 1. The van der Waals surface area contributed by atoms with Gasteiger partial charge in [0.05, 0.1) is 11.6 Å². The molecule has 2 atom stereocenters. The van der Waals surface area contributed by atoms with E-state index in [-0.39, 0.29) is 10.9 Å². The Morgan fingerprint density at radius 1 is 1.47 bits per heavy atom. The van der Waals surface area contributed by atoms with Crippen molar-refractivity contribution >= 4 is 40.8 Å². The molecule has 2 aliphatic rings. The fourth-order valence-electron chi connectivity index (χ4n) is 2.34. The number of aliphatic imine (C=N–C) groups is 1. The Hall–Kier alpha value is -1.13. The van der Waals surface area contributed by atoms with E-state index < -0.39 is 11.5 Å². The molecule has 0 amide bonds. The van der Waals surface area contributed by atoms with Crippen molar-refractivity contribution in [2.45, 2.75) is 25.8 Å². The first-order valence-corrected chi connectivity index (χ1v) is 6.87. The number of ketones is 1. The summed E-state index contributed by atoms with van der Waals surface area (Å²) in [6, 6.07) is 0. The van der Waals surface area contributed by atoms with Crippen LogP contribution in [0.4, 0.5) is 0 Å². The summed E-state index contributed by atoms with van der Waals surface area (Å²) in [5.41, 5.74) is 0.602. The number of carbonyl (C=O) groups is 2. The van der Waals surface area contributed by atoms with Gasteiger partial charge >= 0.3 is 0 Å². The second-order valence-corrected chi connectivity index (χ2v) is 5.51. The van der Waals surface area contributed by atoms with Crippen LogP contribution in [-0.2, 0) is 9.59 Å². The van der Waals surface area contributed by atoms with Gasteiger partial charge in [-0.1, -0.05) is 25.4 Å². The topological polar surface area (TPSA) is 46.5 Å². The maximum atomic E-state index is 11.6. The van der Waals surface area contributed by atoms with Gasteiger partial charge in [0.15, 0.2) is 10.9 Å². The molecule has 1 aliphatic heterocycles. The molecule has 2 unspecified atom stereocenters. The molecule has 0 aromatic rings. The van der Waals surface area contributed by atoms with E-state index in [0.717, 1.165) is 0 Å². The average Bonchev–Trinajstić information content (AvgIpc) is 2.37. The Kier molecular flexibility index (Phi) is 3.83. The van der Waals surface area contributed by atoms with E-state index in [2.05, 4.69) is 17.6 Å². The highest BCUT2D eigenvalue weighted by Gasteiger charge is 2.43. The zero-order valence-electron chi connectivity index (χ0n) is 10.7. The fraction of sp³-hybridized carbons (Fsp3) is 0.357. The van der Waals surface area contributed by atoms with E-state index in [1.54, 1.807) is 19.1 Å². The average molecular weight is 296 g/mol. The summed E-state index contributed by atoms with van der Waals surface area (Å²) in [4.78, 5) is 27.6. The lowest BCUT2D eigenvalue weighted by Gasteiger charge is -2.36. The van der Waals surface area contributed by atoms with Crippen LogP contribution >= 0.6 is 24.2 Å². The van der Waals surface area contributed by atoms with Gasteiger partial charge in [0.1, 0.15) is 5.54 Å². The highest BCUT2D eigenvalue weighted by molar-refractivity contribution is 7.96. The van der Waals surface area contributed by atoms with E-state index >= 15 is 0 Å². The summed E-state index contributed by atoms with van der Waals surface area (Å²) in [6.07, 6.45) is 6.94. The molecule has 3 nitrogen and oxygen atoms in total. The second-order valence-electron chi connectivity index (χ2n) is 4.66. The number of rotatable bonds is 3. The molecule has 1 aliphatic carbocycles. The third-order valence-electron chi connectivity index (χ3n) is 3.64. The standard InChI is InChI=1S/C14H14ClNO2S/c1-3-14(8(2)13(18)19)12(15)7-9-6-10(17)4-5-11(9)16-14/h4-8H,3H2,1-2H3,(H,18,19). The first kappa shape index (κ1) is 14.3. The van der Waals surface area contributed by atoms with E-state index in [0.29, 0.717) is 22.7 Å². The highest BCUT2D eigenvalue weighted by Crippen LogP contribution is 2.41. The smallest absolute Gasteiger partial charge is 0.191 e. The second kappa shape index (κ2) is 5.10. The quantitative estimate of drug-likeness (QED) is 0.643. The number of hydrogen-bond donors (Lipinski definition) is 1. The van der Waals surface area contributed by atoms with Gasteiger partial charge in [0.2, 0.25) is 0 Å². The summed E-state index contributed by atoms with van der Waals surface area (Å²) in [6.45, 7) is 3.70. The van der Waals surface area contributed by atoms with E-state index in [4.69, 9.17) is 11.6 Å². The van der Waals surface area contributed by atoms with Crippen LogP contribution < -0.4 is 0 Å². The molecule has 1 heterocycles. The molecule has 100 valence electrons. The van der Waals surface area contributed by atoms with Crippen LogP contribution in [-0.4, -0.2) is 22.1 Å². The van der Waals surface area contributed by atoms with Gasteiger partial charge in [-0.15, -0.1) is 12.6 Å². The number of thiol groups is 1. The molecule has 0 N–H and O–H groups in total. The zero-order valence-corrected chi connectivity index (χ0v) is 12.3. The van der Waals surface area contributed by atoms with Gasteiger partial charge in [-0.05, 0) is 30.7 Å². The lowest BCUT2D eigenvalue weighted by molar-refractivity contribution is -0.115. The lowest BCUT2D eigenvalue weighted by atomic mass is 9.80. The minimum atomic E-state index is -0.780. The third kappa shape index (κ3) is 2.35. The van der Waals surface area contributed by atoms with Crippen molar-refractivity contribution in [2.24, 2.45) is 10.9 Å². The van der Waals surface area contributed by atoms with Gasteiger partial charge < -0.3 is 0 Å². The Morgan fingerprint density at radius 3 is 2.74 bits per heavy atom. The van der Waals surface area contributed by atoms with Crippen LogP contribution in [0.25, 0.3) is 0 Å². The predicted molar refractivity (Wildman–Crippen MR) is 79.8 cm³/mol. The summed E-state index contributed by atoms with van der Waals surface area (Å²) in [5, 5.41) is 0.226. The summed E-state index contributed by atoms with van der Waals surface area (Å²) in [7, 11) is 0. The third-order valence-corrected chi connectivity index (χ3v) is 4.46. The van der Waals surface area contributed by atoms with Crippen molar-refractivity contribution < 1.29 is 9.59 Å². The van der Waals surface area contributed by atoms with Crippen molar-refractivity contribution in [1.82, 2.24) is 0 Å². The van der Waals surface area contributed by atoms with Crippen molar-refractivity contribution in [2.75, 3.05) is 0 Å². The predicted octanol–water partition coefficient (Wildman–Crippen LogP) is 2.87. The Morgan fingerprint density at radius 2 is 2.16 bits per heavy atom. The number of allylic oxidation sites excluding steroid dienone is 5. The monoisotopic (exact) mass is 295 g/mol. The summed E-state index contributed by atoms with van der Waals surface area (Å²) in [5.74, 6) is -0.512. The highest BCUT2D eigenvalue weighted by atomic mass is 35.5. The molecule has 5 heteroatoms. The van der Waals surface area contributed by atoms with Crippen LogP contribution in [0.15, 0.2) is 39.9 Å². The lowest BCUT2D eigenvalue weighted by Crippen LogP contribution is -2.41. The van der Waals surface area contributed by atoms with Crippen LogP contribution in [0.1, 0.15) is 20.3 Å². The van der Waals surface area contributed by atoms with Crippen LogP contribution in [0.2, 0.25) is 0 Å². The minimum absolute atomic E-state index is 0.0861. The first-order chi connectivity index (χ1) is 8.90. The molecule has 0 saturated carbocycles. The van der Waals surface area contributed by atoms with Gasteiger partial charge in [-0.3, -0.25) is 14.6 Å². The molecule has 2 rings (SSSR count). The Bertz CT molecular complexity index is 574. The van der Waals surface area contributed by atoms with Gasteiger partial charge in [0, 0.05) is 10.6 Å². The molecule has 0 saturated heterocycles.